The minimum absolute atomic E-state index is 0.0643. The second-order valence-corrected chi connectivity index (χ2v) is 6.17. The van der Waals surface area contributed by atoms with Crippen molar-refractivity contribution in [2.75, 3.05) is 0 Å². The molecule has 5 nitrogen and oxygen atoms in total. The Kier molecular flexibility index (Phi) is 5.25. The van der Waals surface area contributed by atoms with Gasteiger partial charge in [0.15, 0.2) is 0 Å². The van der Waals surface area contributed by atoms with E-state index in [2.05, 4.69) is 37.2 Å². The molecule has 1 amide bonds. The Labute approximate surface area is 141 Å². The Morgan fingerprint density at radius 2 is 1.82 bits per heavy atom. The first-order chi connectivity index (χ1) is 10.4. The third-order valence-corrected chi connectivity index (χ3v) is 3.84. The highest BCUT2D eigenvalue weighted by molar-refractivity contribution is 9.10. The van der Waals surface area contributed by atoms with E-state index in [9.17, 15) is 19.3 Å². The number of amides is 1. The van der Waals surface area contributed by atoms with Crippen LogP contribution < -0.4 is 5.32 Å². The number of nitrogens with zero attached hydrogens (tertiary/aromatic N) is 1. The molecule has 0 unspecified atom stereocenters. The number of nitrogens with one attached hydrogen (secondary N) is 1. The molecule has 2 aromatic rings. The van der Waals surface area contributed by atoms with Crippen molar-refractivity contribution >= 4 is 43.5 Å². The van der Waals surface area contributed by atoms with Gasteiger partial charge in [0.25, 0.3) is 11.6 Å². The van der Waals surface area contributed by atoms with Crippen molar-refractivity contribution in [1.29, 1.82) is 0 Å². The van der Waals surface area contributed by atoms with E-state index in [0.717, 1.165) is 0 Å². The van der Waals surface area contributed by atoms with Crippen molar-refractivity contribution in [1.82, 2.24) is 5.32 Å². The Balaban J connectivity index is 2.18. The molecule has 0 heterocycles. The lowest BCUT2D eigenvalue weighted by molar-refractivity contribution is -0.385. The molecule has 0 radical (unpaired) electrons. The van der Waals surface area contributed by atoms with Gasteiger partial charge >= 0.3 is 0 Å². The molecule has 0 bridgehead atoms. The number of nitro benzene ring substituents is 1. The molecule has 0 aliphatic rings. The maximum Gasteiger partial charge on any atom is 0.283 e. The predicted octanol–water partition coefficient (Wildman–Crippen LogP) is 4.19. The zero-order chi connectivity index (χ0) is 16.3. The fourth-order valence-electron chi connectivity index (χ4n) is 1.78. The number of benzene rings is 2. The molecular weight excluding hydrogens is 423 g/mol. The highest BCUT2D eigenvalue weighted by atomic mass is 79.9. The molecule has 0 atom stereocenters. The minimum atomic E-state index is -0.639. The highest BCUT2D eigenvalue weighted by Crippen LogP contribution is 2.23. The van der Waals surface area contributed by atoms with Gasteiger partial charge in [-0.05, 0) is 24.3 Å². The summed E-state index contributed by atoms with van der Waals surface area (Å²) in [5.74, 6) is -1.11. The van der Waals surface area contributed by atoms with Crippen LogP contribution in [0.1, 0.15) is 15.9 Å². The van der Waals surface area contributed by atoms with Crippen LogP contribution in [0, 0.1) is 15.9 Å². The Morgan fingerprint density at radius 1 is 1.18 bits per heavy atom. The average Bonchev–Trinajstić information content (AvgIpc) is 2.45. The van der Waals surface area contributed by atoms with E-state index in [4.69, 9.17) is 0 Å². The number of carbonyl (C=O) groups excluding carboxylic acids is 1. The summed E-state index contributed by atoms with van der Waals surface area (Å²) in [5, 5.41) is 13.5. The summed E-state index contributed by atoms with van der Waals surface area (Å²) in [6, 6.07) is 8.57. The summed E-state index contributed by atoms with van der Waals surface area (Å²) < 4.78 is 14.7. The fraction of sp³-hybridized carbons (Fsp3) is 0.0714. The largest absolute Gasteiger partial charge is 0.348 e. The Bertz CT molecular complexity index is 753. The number of halogens is 3. The van der Waals surface area contributed by atoms with E-state index < -0.39 is 16.6 Å². The lowest BCUT2D eigenvalue weighted by Crippen LogP contribution is -2.24. The summed E-state index contributed by atoms with van der Waals surface area (Å²) >= 11 is 6.25. The van der Waals surface area contributed by atoms with Crippen LogP contribution in [-0.2, 0) is 6.54 Å². The molecule has 1 N–H and O–H groups in total. The van der Waals surface area contributed by atoms with E-state index in [-0.39, 0.29) is 23.4 Å². The normalized spacial score (nSPS) is 10.3. The topological polar surface area (TPSA) is 72.2 Å². The molecule has 2 rings (SSSR count). The number of rotatable bonds is 4. The van der Waals surface area contributed by atoms with E-state index >= 15 is 0 Å². The lowest BCUT2D eigenvalue weighted by atomic mass is 10.1. The number of carbonyl (C=O) groups is 1. The van der Waals surface area contributed by atoms with Gasteiger partial charge in [0.1, 0.15) is 11.4 Å². The number of hydrogen-bond donors (Lipinski definition) is 1. The first kappa shape index (κ1) is 16.6. The molecule has 0 saturated heterocycles. The molecule has 114 valence electrons. The lowest BCUT2D eigenvalue weighted by Gasteiger charge is -2.07. The van der Waals surface area contributed by atoms with Crippen molar-refractivity contribution in [3.8, 4) is 0 Å². The number of nitro groups is 1. The van der Waals surface area contributed by atoms with Crippen LogP contribution in [0.4, 0.5) is 10.1 Å². The molecular formula is C14H9Br2FN2O3. The quantitative estimate of drug-likeness (QED) is 0.582. The van der Waals surface area contributed by atoms with Gasteiger partial charge in [0.05, 0.1) is 4.92 Å². The second kappa shape index (κ2) is 6.97. The fourth-order valence-corrected chi connectivity index (χ4v) is 2.47. The van der Waals surface area contributed by atoms with Crippen LogP contribution >= 0.6 is 31.9 Å². The second-order valence-electron chi connectivity index (χ2n) is 4.34. The van der Waals surface area contributed by atoms with Crippen LogP contribution in [0.15, 0.2) is 45.3 Å². The third kappa shape index (κ3) is 3.89. The van der Waals surface area contributed by atoms with Crippen LogP contribution in [0.3, 0.4) is 0 Å². The summed E-state index contributed by atoms with van der Waals surface area (Å²) in [5.41, 5.74) is -0.106. The van der Waals surface area contributed by atoms with Crippen molar-refractivity contribution in [3.05, 3.63) is 72.4 Å². The first-order valence-corrected chi connectivity index (χ1v) is 7.63. The van der Waals surface area contributed by atoms with Crippen LogP contribution in [-0.4, -0.2) is 10.8 Å². The summed E-state index contributed by atoms with van der Waals surface area (Å²) in [7, 11) is 0. The average molecular weight is 432 g/mol. The summed E-state index contributed by atoms with van der Waals surface area (Å²) in [6.45, 7) is -0.0643. The number of hydrogen-bond acceptors (Lipinski definition) is 3. The smallest absolute Gasteiger partial charge is 0.283 e. The van der Waals surface area contributed by atoms with Crippen molar-refractivity contribution < 1.29 is 14.1 Å². The summed E-state index contributed by atoms with van der Waals surface area (Å²) in [6.07, 6.45) is 0. The predicted molar refractivity (Wildman–Crippen MR) is 86.1 cm³/mol. The molecule has 0 aliphatic heterocycles. The van der Waals surface area contributed by atoms with Gasteiger partial charge in [-0.3, -0.25) is 14.9 Å². The van der Waals surface area contributed by atoms with E-state index in [1.165, 1.54) is 30.3 Å². The molecule has 0 aliphatic carbocycles. The highest BCUT2D eigenvalue weighted by Gasteiger charge is 2.20. The molecule has 2 aromatic carbocycles. The first-order valence-electron chi connectivity index (χ1n) is 6.04. The SMILES string of the molecule is O=C(NCc1ccc(Br)cc1F)c1ccc(Br)cc1[N+](=O)[O-]. The Hall–Kier alpha value is -1.80. The zero-order valence-electron chi connectivity index (χ0n) is 11.0. The van der Waals surface area contributed by atoms with Crippen LogP contribution in [0.25, 0.3) is 0 Å². The van der Waals surface area contributed by atoms with Gasteiger partial charge in [-0.25, -0.2) is 4.39 Å². The van der Waals surface area contributed by atoms with E-state index in [1.54, 1.807) is 6.07 Å². The molecule has 8 heteroatoms. The van der Waals surface area contributed by atoms with Gasteiger partial charge < -0.3 is 5.32 Å². The van der Waals surface area contributed by atoms with Crippen molar-refractivity contribution in [3.63, 3.8) is 0 Å². The monoisotopic (exact) mass is 430 g/mol. The maximum absolute atomic E-state index is 13.7. The van der Waals surface area contributed by atoms with Gasteiger partial charge in [0, 0.05) is 27.1 Å². The third-order valence-electron chi connectivity index (χ3n) is 2.86. The minimum Gasteiger partial charge on any atom is -0.348 e. The molecule has 0 spiro atoms. The molecule has 0 fully saturated rings. The summed E-state index contributed by atoms with van der Waals surface area (Å²) in [4.78, 5) is 22.4. The van der Waals surface area contributed by atoms with Crippen molar-refractivity contribution in [2.24, 2.45) is 0 Å². The molecule has 22 heavy (non-hydrogen) atoms. The van der Waals surface area contributed by atoms with Gasteiger partial charge in [0.2, 0.25) is 0 Å². The Morgan fingerprint density at radius 3 is 2.45 bits per heavy atom. The van der Waals surface area contributed by atoms with E-state index in [1.807, 2.05) is 0 Å². The van der Waals surface area contributed by atoms with E-state index in [0.29, 0.717) is 8.95 Å². The maximum atomic E-state index is 13.7. The van der Waals surface area contributed by atoms with Crippen LogP contribution in [0.5, 0.6) is 0 Å². The molecule has 0 aromatic heterocycles. The standard InChI is InChI=1S/C14H9Br2FN2O3/c15-9-2-1-8(12(17)5-9)7-18-14(20)11-4-3-10(16)6-13(11)19(21)22/h1-6H,7H2,(H,18,20). The molecule has 0 saturated carbocycles. The van der Waals surface area contributed by atoms with Crippen molar-refractivity contribution in [2.45, 2.75) is 6.54 Å². The zero-order valence-corrected chi connectivity index (χ0v) is 14.1. The van der Waals surface area contributed by atoms with Gasteiger partial charge in [-0.15, -0.1) is 0 Å². The van der Waals surface area contributed by atoms with Gasteiger partial charge in [-0.2, -0.15) is 0 Å². The van der Waals surface area contributed by atoms with Crippen LogP contribution in [0.2, 0.25) is 0 Å². The van der Waals surface area contributed by atoms with Gasteiger partial charge in [-0.1, -0.05) is 37.9 Å².